The van der Waals surface area contributed by atoms with Gasteiger partial charge in [-0.15, -0.1) is 40.6 Å². The zero-order valence-corrected chi connectivity index (χ0v) is 80.3. The van der Waals surface area contributed by atoms with Crippen LogP contribution in [0.4, 0.5) is 29.4 Å². The molecule has 2 aromatic carbocycles. The summed E-state index contributed by atoms with van der Waals surface area (Å²) < 4.78 is 93.4. The molecule has 43 heteroatoms. The number of aromatic nitrogens is 6. The number of anilines is 2. The molecule has 0 aliphatic carbocycles. The summed E-state index contributed by atoms with van der Waals surface area (Å²) in [4.78, 5) is 160. The number of aryl methyl sites for hydroxylation is 6. The van der Waals surface area contributed by atoms with Gasteiger partial charge in [-0.2, -0.15) is 27.9 Å². The van der Waals surface area contributed by atoms with Gasteiger partial charge in [0.1, 0.15) is 68.6 Å². The fourth-order valence-electron chi connectivity index (χ4n) is 13.7. The Morgan fingerprint density at radius 1 is 0.496 bits per heavy atom. The van der Waals surface area contributed by atoms with Crippen LogP contribution in [0.5, 0.6) is 11.5 Å². The number of rotatable bonds is 30. The first-order chi connectivity index (χ1) is 59.5. The maximum atomic E-state index is 15.0. The molecule has 0 saturated carbocycles. The number of fused-ring (bicyclic) bond motifs is 2. The van der Waals surface area contributed by atoms with Crippen LogP contribution in [-0.2, 0) is 126 Å². The highest BCUT2D eigenvalue weighted by Gasteiger charge is 2.62. The molecule has 2 saturated heterocycles. The molecule has 6 atom stereocenters. The third kappa shape index (κ3) is 25.5. The summed E-state index contributed by atoms with van der Waals surface area (Å²) in [7, 11) is -1.72. The van der Waals surface area contributed by atoms with Crippen molar-refractivity contribution in [2.24, 2.45) is 24.4 Å². The number of nitrogens with zero attached hydrogens (tertiary/aromatic N) is 10. The second-order valence-electron chi connectivity index (χ2n) is 39.0. The molecule has 8 amide bonds. The number of ether oxygens (including phenoxy) is 8. The lowest BCUT2D eigenvalue weighted by Crippen LogP contribution is -2.78. The summed E-state index contributed by atoms with van der Waals surface area (Å²) in [5, 5.41) is 27.5. The largest absolute Gasteiger partial charge is 0.485 e. The molecular formula is C86H120N16O24S3+2. The van der Waals surface area contributed by atoms with Crippen molar-refractivity contribution in [2.45, 2.75) is 298 Å². The molecule has 129 heavy (non-hydrogen) atoms. The van der Waals surface area contributed by atoms with E-state index in [-0.39, 0.29) is 34.5 Å². The first-order valence-corrected chi connectivity index (χ1v) is 45.1. The van der Waals surface area contributed by atoms with Gasteiger partial charge in [-0.25, -0.2) is 38.7 Å². The molecule has 2 fully saturated rings. The molecule has 0 bridgehead atoms. The summed E-state index contributed by atoms with van der Waals surface area (Å²) in [6.45, 7) is 40.4. The van der Waals surface area contributed by atoms with Crippen molar-refractivity contribution in [3.05, 3.63) is 94.5 Å². The minimum absolute atomic E-state index is 0.0839. The Balaban J connectivity index is 0.844. The number of benzene rings is 2. The Morgan fingerprint density at radius 2 is 0.829 bits per heavy atom. The number of β-lactam (4-membered cyclic amide) rings is 2. The topological polar surface area (TPSA) is 462 Å². The van der Waals surface area contributed by atoms with Gasteiger partial charge in [0.25, 0.3) is 34.8 Å². The van der Waals surface area contributed by atoms with Gasteiger partial charge in [0, 0.05) is 23.8 Å². The molecule has 8 heterocycles. The number of hydroxylamine groups is 4. The molecule has 10 rings (SSSR count). The molecule has 40 nitrogen and oxygen atoms in total. The minimum atomic E-state index is -5.52. The summed E-state index contributed by atoms with van der Waals surface area (Å²) >= 11 is 1.69. The van der Waals surface area contributed by atoms with Crippen LogP contribution in [0.1, 0.15) is 214 Å². The van der Waals surface area contributed by atoms with Crippen molar-refractivity contribution in [3.63, 3.8) is 0 Å². The lowest BCUT2D eigenvalue weighted by atomic mass is 9.84. The lowest BCUT2D eigenvalue weighted by molar-refractivity contribution is -0.753. The molecule has 6 aromatic rings. The van der Waals surface area contributed by atoms with Crippen LogP contribution in [0.25, 0.3) is 22.3 Å². The number of thiazole rings is 2. The zero-order valence-electron chi connectivity index (χ0n) is 77.8. The van der Waals surface area contributed by atoms with E-state index in [2.05, 4.69) is 52.2 Å². The average Bonchev–Trinajstić information content (AvgIpc) is 1.15. The Kier molecular flexibility index (Phi) is 29.2. The van der Waals surface area contributed by atoms with Crippen molar-refractivity contribution in [1.82, 2.24) is 50.7 Å². The summed E-state index contributed by atoms with van der Waals surface area (Å²) in [6, 6.07) is 7.90. The maximum Gasteiger partial charge on any atom is 0.442 e. The second kappa shape index (κ2) is 37.9. The van der Waals surface area contributed by atoms with Crippen molar-refractivity contribution < 1.29 is 122 Å². The molecule has 4 aliphatic rings. The van der Waals surface area contributed by atoms with Gasteiger partial charge in [-0.3, -0.25) is 29.8 Å². The van der Waals surface area contributed by atoms with Crippen molar-refractivity contribution in [2.75, 3.05) is 23.7 Å². The maximum absolute atomic E-state index is 15.0. The van der Waals surface area contributed by atoms with Gasteiger partial charge in [-0.1, -0.05) is 22.4 Å². The van der Waals surface area contributed by atoms with E-state index >= 15 is 0 Å². The van der Waals surface area contributed by atoms with E-state index < -0.39 is 162 Å². The van der Waals surface area contributed by atoms with Crippen molar-refractivity contribution in [3.8, 4) is 33.8 Å². The molecular weight excluding hydrogens is 1740 g/mol. The predicted molar refractivity (Wildman–Crippen MR) is 470 cm³/mol. The molecule has 4 aromatic heterocycles. The van der Waals surface area contributed by atoms with E-state index in [4.69, 9.17) is 56.1 Å². The Morgan fingerprint density at radius 3 is 1.16 bits per heavy atom. The molecule has 0 spiro atoms. The smallest absolute Gasteiger partial charge is 0.442 e. The van der Waals surface area contributed by atoms with Crippen LogP contribution >= 0.6 is 22.7 Å². The molecule has 6 N–H and O–H groups in total. The first kappa shape index (κ1) is 99.6. The SMILES string of the molecule is C[n+]1cc(-c2ccc3c(c2)CC[C@H]([C@](C)(O/N=C(\C(=O)N[C@@H]2C(=O)N(OS(=O)(=O)ON4C(=O)[C@@H](NC(=O)/C(=N\O[C@](C)(C(=O)OC(C)(C)C)[C@H]5CCc6cc(-c7cn(CCCNC(=O)OC(C)(C)C)[n+](C)c7)ccc6O5)c5csc(NC(=O)OC(C)(C)C)n5)C4(C)C)C2(C)C)c2csc(NC(=O)OC(C)(C)C)n2)C(=O)OC(C)(C)C)O3)cn1CCCNC(=O)OC(C)(C)C. The summed E-state index contributed by atoms with van der Waals surface area (Å²) in [6.07, 6.45) is 5.05. The third-order valence-electron chi connectivity index (χ3n) is 20.0. The van der Waals surface area contributed by atoms with Gasteiger partial charge >= 0.3 is 46.7 Å². The third-order valence-corrected chi connectivity index (χ3v) is 22.2. The number of hydrogen-bond donors (Lipinski definition) is 6. The van der Waals surface area contributed by atoms with Crippen LogP contribution in [0, 0.1) is 0 Å². The Hall–Kier alpha value is -11.6. The van der Waals surface area contributed by atoms with E-state index in [0.717, 1.165) is 56.1 Å². The second-order valence-corrected chi connectivity index (χ2v) is 41.8. The van der Waals surface area contributed by atoms with Crippen molar-refractivity contribution >= 4 is 115 Å². The van der Waals surface area contributed by atoms with Crippen LogP contribution in [0.15, 0.2) is 82.3 Å². The van der Waals surface area contributed by atoms with Gasteiger partial charge in [0.2, 0.25) is 12.4 Å². The fourth-order valence-corrected chi connectivity index (χ4v) is 16.0. The Bertz CT molecular complexity index is 5110. The van der Waals surface area contributed by atoms with Gasteiger partial charge in [0.05, 0.1) is 47.7 Å². The van der Waals surface area contributed by atoms with Crippen LogP contribution in [0.3, 0.4) is 0 Å². The highest BCUT2D eigenvalue weighted by molar-refractivity contribution is 7.81. The highest BCUT2D eigenvalue weighted by Crippen LogP contribution is 2.42. The molecule has 4 aliphatic heterocycles. The van der Waals surface area contributed by atoms with Crippen molar-refractivity contribution in [1.29, 1.82) is 0 Å². The number of esters is 2. The molecule has 0 unspecified atom stereocenters. The number of carbonyl (C=O) groups excluding carboxylic acids is 10. The predicted octanol–water partition coefficient (Wildman–Crippen LogP) is 10.2. The number of nitrogens with one attached hydrogen (secondary N) is 6. The number of alkyl carbamates (subject to hydrolysis) is 2. The van der Waals surface area contributed by atoms with E-state index in [9.17, 15) is 56.4 Å². The normalized spacial score (nSPS) is 18.6. The quantitative estimate of drug-likeness (QED) is 0.00464. The van der Waals surface area contributed by atoms with Crippen LogP contribution < -0.4 is 50.7 Å². The number of hydrogen-bond acceptors (Lipinski definition) is 30. The standard InChI is InChI=1S/C86H118N16O24S3/c1-77(2,3)117-69(107)85(23,59-35-31-51-41-49(29-33-57(51)115-59)53-43-97(25)99(45-53)39-27-37-87-73(109)119-79(7,8)9)123-95-61(55-47-127-71(89-55)93-75(111)121-81(13,14)15)65(103)91-63-67(105)101(83(63,19)20)125-129(113,114)126-102-68(106)64(84(102,21)22)92-66(104)62(56-48-128-72(90-56)94-76(112)122-82(16,17)18)96-124-86(24,70(108)118-78(4,5)6)60-36-32-52-42-50(30-34-58(52)116-60)54-44-98(26)100(46-54)40-28-38-88-74(110)120-80(10,11)12/h29-30,33-34,41-48,59-60,63-64H,27-28,31-32,35-40H2,1-26H3,(H4-2,87,88,89,90,91,92,93,94,103,104,109,110,111,112)/p+2/b95-61-,96-62-/t59-,60-,63-,64-,85+,86+/m1/s1. The first-order valence-electron chi connectivity index (χ1n) is 42.0. The van der Waals surface area contributed by atoms with E-state index in [0.29, 0.717) is 73.5 Å². The summed E-state index contributed by atoms with van der Waals surface area (Å²) in [5.41, 5.74) is -9.96. The lowest BCUT2D eigenvalue weighted by Gasteiger charge is -2.52. The van der Waals surface area contributed by atoms with Crippen LogP contribution in [0.2, 0.25) is 0 Å². The Labute approximate surface area is 757 Å². The fraction of sp³-hybridized carbons (Fsp3) is 0.581. The number of amides is 8. The number of oxime groups is 2. The van der Waals surface area contributed by atoms with E-state index in [1.807, 2.05) is 81.9 Å². The van der Waals surface area contributed by atoms with Crippen LogP contribution in [-0.4, -0.2) is 203 Å². The number of carbonyl (C=O) groups is 10. The molecule has 704 valence electrons. The van der Waals surface area contributed by atoms with Gasteiger partial charge in [-0.05, 0) is 251 Å². The zero-order chi connectivity index (χ0) is 95.7. The highest BCUT2D eigenvalue weighted by atomic mass is 32.3. The molecule has 0 radical (unpaired) electrons. The van der Waals surface area contributed by atoms with Gasteiger partial charge in [0.15, 0.2) is 48.0 Å². The van der Waals surface area contributed by atoms with E-state index in [1.165, 1.54) is 52.3 Å². The minimum Gasteiger partial charge on any atom is -0.485 e. The average molecular weight is 1860 g/mol. The van der Waals surface area contributed by atoms with Gasteiger partial charge < -0.3 is 68.8 Å². The van der Waals surface area contributed by atoms with E-state index in [1.54, 1.807) is 137 Å². The summed E-state index contributed by atoms with van der Waals surface area (Å²) in [5.74, 6) is -5.77. The monoisotopic (exact) mass is 1860 g/mol.